The molecular formula is C35H29BO2. The first-order chi connectivity index (χ1) is 18.3. The van der Waals surface area contributed by atoms with Gasteiger partial charge in [-0.25, -0.2) is 0 Å². The molecule has 2 aliphatic carbocycles. The SMILES string of the molecule is CC1(C)OB(c2ccc3c(c2)C2(c4ccccc4-c4ccccc42)c2ccc4ccccc4c2-3)OC1(C)C. The Labute approximate surface area is 224 Å². The van der Waals surface area contributed by atoms with Crippen molar-refractivity contribution in [2.75, 3.05) is 0 Å². The molecule has 0 atom stereocenters. The van der Waals surface area contributed by atoms with Crippen molar-refractivity contribution in [3.05, 3.63) is 125 Å². The van der Waals surface area contributed by atoms with Crippen LogP contribution in [0.2, 0.25) is 0 Å². The lowest BCUT2D eigenvalue weighted by Crippen LogP contribution is -2.41. The van der Waals surface area contributed by atoms with E-state index in [1.165, 1.54) is 55.3 Å². The van der Waals surface area contributed by atoms with E-state index in [1.807, 2.05) is 0 Å². The van der Waals surface area contributed by atoms with Crippen molar-refractivity contribution in [1.29, 1.82) is 0 Å². The zero-order chi connectivity index (χ0) is 25.9. The predicted molar refractivity (Wildman–Crippen MR) is 156 cm³/mol. The molecule has 0 amide bonds. The molecule has 1 aliphatic heterocycles. The van der Waals surface area contributed by atoms with Gasteiger partial charge in [-0.1, -0.05) is 103 Å². The van der Waals surface area contributed by atoms with Crippen molar-refractivity contribution in [3.8, 4) is 22.3 Å². The molecule has 1 spiro atoms. The molecule has 3 aliphatic rings. The van der Waals surface area contributed by atoms with E-state index in [1.54, 1.807) is 0 Å². The van der Waals surface area contributed by atoms with Crippen LogP contribution in [0.15, 0.2) is 103 Å². The molecule has 184 valence electrons. The molecule has 1 heterocycles. The summed E-state index contributed by atoms with van der Waals surface area (Å²) in [5.41, 5.74) is 10.5. The Bertz CT molecular complexity index is 1740. The maximum absolute atomic E-state index is 6.53. The highest BCUT2D eigenvalue weighted by molar-refractivity contribution is 6.62. The topological polar surface area (TPSA) is 18.5 Å². The van der Waals surface area contributed by atoms with Crippen molar-refractivity contribution in [2.24, 2.45) is 0 Å². The molecule has 3 heteroatoms. The maximum Gasteiger partial charge on any atom is 0.494 e. The highest BCUT2D eigenvalue weighted by Gasteiger charge is 2.54. The van der Waals surface area contributed by atoms with Gasteiger partial charge in [-0.3, -0.25) is 0 Å². The number of benzene rings is 5. The Balaban J connectivity index is 1.48. The highest BCUT2D eigenvalue weighted by Crippen LogP contribution is 2.63. The van der Waals surface area contributed by atoms with E-state index in [9.17, 15) is 0 Å². The van der Waals surface area contributed by atoms with Gasteiger partial charge in [0.05, 0.1) is 16.6 Å². The number of fused-ring (bicyclic) bond motifs is 12. The van der Waals surface area contributed by atoms with Gasteiger partial charge in [-0.05, 0) is 88.4 Å². The summed E-state index contributed by atoms with van der Waals surface area (Å²) in [6.45, 7) is 8.47. The zero-order valence-electron chi connectivity index (χ0n) is 22.2. The third-order valence-electron chi connectivity index (χ3n) is 9.53. The molecule has 0 radical (unpaired) electrons. The lowest BCUT2D eigenvalue weighted by atomic mass is 9.68. The van der Waals surface area contributed by atoms with E-state index < -0.39 is 7.12 Å². The fourth-order valence-electron chi connectivity index (χ4n) is 7.05. The average molecular weight is 492 g/mol. The van der Waals surface area contributed by atoms with Crippen molar-refractivity contribution in [2.45, 2.75) is 44.3 Å². The molecule has 1 saturated heterocycles. The van der Waals surface area contributed by atoms with Crippen LogP contribution in [0.3, 0.4) is 0 Å². The second-order valence-electron chi connectivity index (χ2n) is 11.9. The van der Waals surface area contributed by atoms with Crippen molar-refractivity contribution < 1.29 is 9.31 Å². The molecule has 5 aromatic carbocycles. The van der Waals surface area contributed by atoms with Crippen molar-refractivity contribution >= 4 is 23.4 Å². The lowest BCUT2D eigenvalue weighted by Gasteiger charge is -2.32. The molecule has 0 saturated carbocycles. The first kappa shape index (κ1) is 22.3. The summed E-state index contributed by atoms with van der Waals surface area (Å²) < 4.78 is 13.1. The Morgan fingerprint density at radius 2 is 1.13 bits per heavy atom. The number of rotatable bonds is 1. The molecule has 0 N–H and O–H groups in total. The molecular weight excluding hydrogens is 463 g/mol. The van der Waals surface area contributed by atoms with Crippen LogP contribution in [-0.2, 0) is 14.7 Å². The van der Waals surface area contributed by atoms with E-state index in [0.717, 1.165) is 5.46 Å². The molecule has 8 rings (SSSR count). The van der Waals surface area contributed by atoms with Crippen LogP contribution in [-0.4, -0.2) is 18.3 Å². The molecule has 1 fully saturated rings. The van der Waals surface area contributed by atoms with Crippen molar-refractivity contribution in [3.63, 3.8) is 0 Å². The zero-order valence-corrected chi connectivity index (χ0v) is 22.2. The Hall–Kier alpha value is -3.66. The number of hydrogen-bond donors (Lipinski definition) is 0. The smallest absolute Gasteiger partial charge is 0.399 e. The highest BCUT2D eigenvalue weighted by atomic mass is 16.7. The normalized spacial score (nSPS) is 18.9. The second-order valence-corrected chi connectivity index (χ2v) is 11.9. The first-order valence-electron chi connectivity index (χ1n) is 13.5. The van der Waals surface area contributed by atoms with Gasteiger partial charge in [-0.2, -0.15) is 0 Å². The fraction of sp³-hybridized carbons (Fsp3) is 0.200. The Kier molecular flexibility index (Phi) is 4.26. The lowest BCUT2D eigenvalue weighted by molar-refractivity contribution is 0.00578. The van der Waals surface area contributed by atoms with Crippen LogP contribution < -0.4 is 5.46 Å². The van der Waals surface area contributed by atoms with Gasteiger partial charge >= 0.3 is 7.12 Å². The summed E-state index contributed by atoms with van der Waals surface area (Å²) >= 11 is 0. The molecule has 0 unspecified atom stereocenters. The summed E-state index contributed by atoms with van der Waals surface area (Å²) in [6, 6.07) is 38.2. The van der Waals surface area contributed by atoms with Crippen molar-refractivity contribution in [1.82, 2.24) is 0 Å². The largest absolute Gasteiger partial charge is 0.494 e. The van der Waals surface area contributed by atoms with Gasteiger partial charge in [0.2, 0.25) is 0 Å². The van der Waals surface area contributed by atoms with Gasteiger partial charge in [0.15, 0.2) is 0 Å². The third-order valence-corrected chi connectivity index (χ3v) is 9.53. The monoisotopic (exact) mass is 492 g/mol. The van der Waals surface area contributed by atoms with Gasteiger partial charge < -0.3 is 9.31 Å². The minimum atomic E-state index is -0.408. The average Bonchev–Trinajstić information content (AvgIpc) is 3.48. The van der Waals surface area contributed by atoms with Crippen LogP contribution in [0.25, 0.3) is 33.0 Å². The molecule has 5 aromatic rings. The van der Waals surface area contributed by atoms with E-state index >= 15 is 0 Å². The fourth-order valence-corrected chi connectivity index (χ4v) is 7.05. The van der Waals surface area contributed by atoms with E-state index in [-0.39, 0.29) is 16.6 Å². The van der Waals surface area contributed by atoms with E-state index in [2.05, 4.69) is 131 Å². The molecule has 0 bridgehead atoms. The second kappa shape index (κ2) is 7.25. The molecule has 0 aromatic heterocycles. The van der Waals surface area contributed by atoms with Crippen LogP contribution in [0, 0.1) is 0 Å². The quantitative estimate of drug-likeness (QED) is 0.221. The standard InChI is InChI=1S/C35H29BO2/c1-33(2)34(3,4)38-36(37-33)23-18-19-27-31(21-23)35(30-20-17-22-11-5-6-12-24(22)32(27)30)28-15-9-7-13-25(28)26-14-8-10-16-29(26)35/h5-21H,1-4H3. The van der Waals surface area contributed by atoms with Gasteiger partial charge in [0.1, 0.15) is 0 Å². The van der Waals surface area contributed by atoms with Crippen LogP contribution in [0.1, 0.15) is 49.9 Å². The van der Waals surface area contributed by atoms with Crippen LogP contribution in [0.4, 0.5) is 0 Å². The summed E-state index contributed by atoms with van der Waals surface area (Å²) in [6.07, 6.45) is 0. The summed E-state index contributed by atoms with van der Waals surface area (Å²) in [7, 11) is -0.408. The minimum absolute atomic E-state index is 0.387. The van der Waals surface area contributed by atoms with Crippen LogP contribution >= 0.6 is 0 Å². The maximum atomic E-state index is 6.53. The Morgan fingerprint density at radius 1 is 0.526 bits per heavy atom. The third kappa shape index (κ3) is 2.61. The van der Waals surface area contributed by atoms with E-state index in [4.69, 9.17) is 9.31 Å². The predicted octanol–water partition coefficient (Wildman–Crippen LogP) is 7.48. The van der Waals surface area contributed by atoms with Gasteiger partial charge in [-0.15, -0.1) is 0 Å². The Morgan fingerprint density at radius 3 is 1.82 bits per heavy atom. The van der Waals surface area contributed by atoms with E-state index in [0.29, 0.717) is 0 Å². The molecule has 2 nitrogen and oxygen atoms in total. The number of hydrogen-bond acceptors (Lipinski definition) is 2. The first-order valence-corrected chi connectivity index (χ1v) is 13.5. The van der Waals surface area contributed by atoms with Gasteiger partial charge in [0.25, 0.3) is 0 Å². The minimum Gasteiger partial charge on any atom is -0.399 e. The summed E-state index contributed by atoms with van der Waals surface area (Å²) in [5, 5.41) is 2.57. The van der Waals surface area contributed by atoms with Gasteiger partial charge in [0, 0.05) is 0 Å². The summed E-state index contributed by atoms with van der Waals surface area (Å²) in [5.74, 6) is 0. The molecule has 38 heavy (non-hydrogen) atoms. The summed E-state index contributed by atoms with van der Waals surface area (Å²) in [4.78, 5) is 0. The van der Waals surface area contributed by atoms with Crippen LogP contribution in [0.5, 0.6) is 0 Å².